The van der Waals surface area contributed by atoms with Gasteiger partial charge in [-0.1, -0.05) is 12.1 Å². The van der Waals surface area contributed by atoms with Gasteiger partial charge in [0.1, 0.15) is 5.82 Å². The Morgan fingerprint density at radius 1 is 1.26 bits per heavy atom. The van der Waals surface area contributed by atoms with E-state index in [4.69, 9.17) is 0 Å². The Morgan fingerprint density at radius 3 is 2.78 bits per heavy atom. The molecule has 0 spiro atoms. The molecule has 1 aromatic carbocycles. The van der Waals surface area contributed by atoms with Gasteiger partial charge in [-0.3, -0.25) is 14.4 Å². The number of H-pyrrole nitrogens is 1. The van der Waals surface area contributed by atoms with Gasteiger partial charge in [-0.25, -0.2) is 4.98 Å². The molecule has 0 saturated heterocycles. The van der Waals surface area contributed by atoms with Crippen LogP contribution in [0.25, 0.3) is 0 Å². The molecule has 3 N–H and O–H groups in total. The smallest absolute Gasteiger partial charge is 0.254 e. The van der Waals surface area contributed by atoms with Crippen molar-refractivity contribution in [3.8, 4) is 0 Å². The Morgan fingerprint density at radius 2 is 2.04 bits per heavy atom. The molecule has 27 heavy (non-hydrogen) atoms. The van der Waals surface area contributed by atoms with Crippen LogP contribution in [0.3, 0.4) is 0 Å². The predicted molar refractivity (Wildman–Crippen MR) is 103 cm³/mol. The fourth-order valence-electron chi connectivity index (χ4n) is 3.35. The number of aromatic nitrogens is 2. The Kier molecular flexibility index (Phi) is 5.39. The highest BCUT2D eigenvalue weighted by atomic mass is 16.2. The number of aryl methyl sites for hydroxylation is 3. The molecule has 3 rings (SSSR count). The summed E-state index contributed by atoms with van der Waals surface area (Å²) in [7, 11) is 0. The molecule has 1 atom stereocenters. The van der Waals surface area contributed by atoms with Gasteiger partial charge in [0.2, 0.25) is 11.8 Å². The molecule has 2 amide bonds. The van der Waals surface area contributed by atoms with E-state index >= 15 is 0 Å². The molecular formula is C20H24N4O3. The standard InChI is InChI=1S/C20H24N4O3/c1-11(14-4-7-17-15(10-14)5-8-19(26)24-17)22-18(25)9-6-16-12(2)21-13(3)23-20(16)27/h4,7,10-11H,5-6,8-9H2,1-3H3,(H,22,25)(H,24,26)(H,21,23,27). The summed E-state index contributed by atoms with van der Waals surface area (Å²) in [6, 6.07) is 5.66. The van der Waals surface area contributed by atoms with Crippen LogP contribution in [-0.2, 0) is 22.4 Å². The van der Waals surface area contributed by atoms with Gasteiger partial charge in [0.05, 0.1) is 6.04 Å². The minimum Gasteiger partial charge on any atom is -0.350 e. The maximum atomic E-state index is 12.3. The number of aromatic amines is 1. The number of carbonyl (C=O) groups excluding carboxylic acids is 2. The monoisotopic (exact) mass is 368 g/mol. The van der Waals surface area contributed by atoms with Crippen molar-refractivity contribution in [3.63, 3.8) is 0 Å². The second-order valence-corrected chi connectivity index (χ2v) is 6.97. The third kappa shape index (κ3) is 4.42. The van der Waals surface area contributed by atoms with Gasteiger partial charge in [0, 0.05) is 29.8 Å². The molecule has 1 aliphatic heterocycles. The first kappa shape index (κ1) is 18.8. The van der Waals surface area contributed by atoms with Crippen LogP contribution >= 0.6 is 0 Å². The molecule has 1 unspecified atom stereocenters. The second kappa shape index (κ2) is 7.73. The number of nitrogens with zero attached hydrogens (tertiary/aromatic N) is 1. The number of amides is 2. The quantitative estimate of drug-likeness (QED) is 0.751. The number of hydrogen-bond acceptors (Lipinski definition) is 4. The van der Waals surface area contributed by atoms with Crippen LogP contribution in [0.4, 0.5) is 5.69 Å². The summed E-state index contributed by atoms with van der Waals surface area (Å²) in [5.41, 5.74) is 3.94. The van der Waals surface area contributed by atoms with Crippen LogP contribution in [0.2, 0.25) is 0 Å². The first-order valence-corrected chi connectivity index (χ1v) is 9.12. The Labute approximate surface area is 157 Å². The van der Waals surface area contributed by atoms with Crippen LogP contribution in [0.15, 0.2) is 23.0 Å². The number of hydrogen-bond donors (Lipinski definition) is 3. The number of benzene rings is 1. The van der Waals surface area contributed by atoms with Crippen molar-refractivity contribution in [2.45, 2.75) is 52.5 Å². The summed E-state index contributed by atoms with van der Waals surface area (Å²) in [5.74, 6) is 0.489. The molecule has 7 heteroatoms. The van der Waals surface area contributed by atoms with E-state index in [2.05, 4.69) is 20.6 Å². The molecule has 2 heterocycles. The summed E-state index contributed by atoms with van der Waals surface area (Å²) in [4.78, 5) is 42.7. The van der Waals surface area contributed by atoms with Gasteiger partial charge in [0.25, 0.3) is 5.56 Å². The summed E-state index contributed by atoms with van der Waals surface area (Å²) in [6.07, 6.45) is 1.76. The minimum absolute atomic E-state index is 0.0347. The summed E-state index contributed by atoms with van der Waals surface area (Å²) < 4.78 is 0. The van der Waals surface area contributed by atoms with Gasteiger partial charge >= 0.3 is 0 Å². The van der Waals surface area contributed by atoms with E-state index in [-0.39, 0.29) is 29.8 Å². The Bertz CT molecular complexity index is 949. The highest BCUT2D eigenvalue weighted by molar-refractivity contribution is 5.93. The number of rotatable bonds is 5. The largest absolute Gasteiger partial charge is 0.350 e. The van der Waals surface area contributed by atoms with Crippen LogP contribution in [-0.4, -0.2) is 21.8 Å². The number of carbonyl (C=O) groups is 2. The predicted octanol–water partition coefficient (Wildman–Crippen LogP) is 2.08. The lowest BCUT2D eigenvalue weighted by Gasteiger charge is -2.20. The Hall–Kier alpha value is -2.96. The SMILES string of the molecule is Cc1nc(C)c(CCC(=O)NC(C)c2ccc3c(c2)CCC(=O)N3)c(=O)[nH]1. The van der Waals surface area contributed by atoms with E-state index in [9.17, 15) is 14.4 Å². The van der Waals surface area contributed by atoms with Crippen molar-refractivity contribution in [2.75, 3.05) is 5.32 Å². The fraction of sp³-hybridized carbons (Fsp3) is 0.400. The lowest BCUT2D eigenvalue weighted by atomic mass is 9.97. The van der Waals surface area contributed by atoms with Crippen LogP contribution in [0, 0.1) is 13.8 Å². The zero-order valence-electron chi connectivity index (χ0n) is 15.8. The van der Waals surface area contributed by atoms with E-state index in [0.29, 0.717) is 36.3 Å². The summed E-state index contributed by atoms with van der Waals surface area (Å²) in [5, 5.41) is 5.83. The average Bonchev–Trinajstić information content (AvgIpc) is 2.60. The first-order chi connectivity index (χ1) is 12.8. The zero-order valence-corrected chi connectivity index (χ0v) is 15.8. The highest BCUT2D eigenvalue weighted by Gasteiger charge is 2.17. The molecule has 142 valence electrons. The van der Waals surface area contributed by atoms with Crippen LogP contribution in [0.5, 0.6) is 0 Å². The van der Waals surface area contributed by atoms with E-state index in [0.717, 1.165) is 16.8 Å². The number of anilines is 1. The third-order valence-electron chi connectivity index (χ3n) is 4.85. The first-order valence-electron chi connectivity index (χ1n) is 9.12. The van der Waals surface area contributed by atoms with Crippen molar-refractivity contribution in [3.05, 3.63) is 56.8 Å². The van der Waals surface area contributed by atoms with Crippen molar-refractivity contribution in [2.24, 2.45) is 0 Å². The lowest BCUT2D eigenvalue weighted by Crippen LogP contribution is -2.28. The van der Waals surface area contributed by atoms with Crippen LogP contribution in [0.1, 0.15) is 54.0 Å². The van der Waals surface area contributed by atoms with Crippen molar-refractivity contribution in [1.82, 2.24) is 15.3 Å². The van der Waals surface area contributed by atoms with Gasteiger partial charge in [0.15, 0.2) is 0 Å². The lowest BCUT2D eigenvalue weighted by molar-refractivity contribution is -0.121. The Balaban J connectivity index is 1.61. The highest BCUT2D eigenvalue weighted by Crippen LogP contribution is 2.26. The van der Waals surface area contributed by atoms with Gasteiger partial charge in [-0.05, 0) is 50.8 Å². The molecule has 0 bridgehead atoms. The molecular weight excluding hydrogens is 344 g/mol. The molecule has 1 aromatic heterocycles. The molecule has 0 fully saturated rings. The maximum Gasteiger partial charge on any atom is 0.254 e. The fourth-order valence-corrected chi connectivity index (χ4v) is 3.35. The second-order valence-electron chi connectivity index (χ2n) is 6.97. The summed E-state index contributed by atoms with van der Waals surface area (Å²) in [6.45, 7) is 5.44. The number of nitrogens with one attached hydrogen (secondary N) is 3. The van der Waals surface area contributed by atoms with Gasteiger partial charge in [-0.2, -0.15) is 0 Å². The van der Waals surface area contributed by atoms with Crippen molar-refractivity contribution < 1.29 is 9.59 Å². The molecule has 0 radical (unpaired) electrons. The molecule has 0 saturated carbocycles. The van der Waals surface area contributed by atoms with Crippen molar-refractivity contribution >= 4 is 17.5 Å². The van der Waals surface area contributed by atoms with E-state index in [1.807, 2.05) is 25.1 Å². The topological polar surface area (TPSA) is 104 Å². The van der Waals surface area contributed by atoms with Gasteiger partial charge < -0.3 is 15.6 Å². The molecule has 0 aliphatic carbocycles. The van der Waals surface area contributed by atoms with Crippen LogP contribution < -0.4 is 16.2 Å². The summed E-state index contributed by atoms with van der Waals surface area (Å²) >= 11 is 0. The van der Waals surface area contributed by atoms with Gasteiger partial charge in [-0.15, -0.1) is 0 Å². The maximum absolute atomic E-state index is 12.3. The molecule has 7 nitrogen and oxygen atoms in total. The van der Waals surface area contributed by atoms with Crippen molar-refractivity contribution in [1.29, 1.82) is 0 Å². The van der Waals surface area contributed by atoms with E-state index in [1.165, 1.54) is 0 Å². The minimum atomic E-state index is -0.183. The normalized spacial score (nSPS) is 14.3. The molecule has 1 aliphatic rings. The molecule has 2 aromatic rings. The average molecular weight is 368 g/mol. The van der Waals surface area contributed by atoms with E-state index in [1.54, 1.807) is 13.8 Å². The van der Waals surface area contributed by atoms with E-state index < -0.39 is 0 Å². The number of fused-ring (bicyclic) bond motifs is 1. The third-order valence-corrected chi connectivity index (χ3v) is 4.85. The zero-order chi connectivity index (χ0) is 19.6.